The number of carbonyl (C=O) groups is 1. The predicted molar refractivity (Wildman–Crippen MR) is 89.0 cm³/mol. The van der Waals surface area contributed by atoms with Gasteiger partial charge in [0.1, 0.15) is 6.61 Å². The van der Waals surface area contributed by atoms with E-state index < -0.39 is 0 Å². The van der Waals surface area contributed by atoms with Crippen molar-refractivity contribution in [1.82, 2.24) is 10.2 Å². The third kappa shape index (κ3) is 5.59. The van der Waals surface area contributed by atoms with Crippen LogP contribution in [-0.4, -0.2) is 43.7 Å². The standard InChI is InChI=1S/C17H25ClN2O2/c1-2-22-13-17(21)19-11-14-7-9-20(10-8-14)12-15-5-3-4-6-16(15)18/h3-6,14H,2,7-13H2,1H3,(H,19,21). The van der Waals surface area contributed by atoms with E-state index in [4.69, 9.17) is 16.3 Å². The number of likely N-dealkylation sites (tertiary alicyclic amines) is 1. The maximum atomic E-state index is 11.5. The van der Waals surface area contributed by atoms with E-state index in [-0.39, 0.29) is 12.5 Å². The molecule has 0 unspecified atom stereocenters. The molecule has 1 aromatic rings. The minimum Gasteiger partial charge on any atom is -0.372 e. The van der Waals surface area contributed by atoms with Gasteiger partial charge in [-0.2, -0.15) is 0 Å². The number of halogens is 1. The Bertz CT molecular complexity index is 473. The smallest absolute Gasteiger partial charge is 0.246 e. The Hall–Kier alpha value is -1.10. The monoisotopic (exact) mass is 324 g/mol. The highest BCUT2D eigenvalue weighted by Gasteiger charge is 2.20. The van der Waals surface area contributed by atoms with Gasteiger partial charge in [-0.3, -0.25) is 9.69 Å². The maximum Gasteiger partial charge on any atom is 0.246 e. The molecule has 0 aromatic heterocycles. The molecule has 1 saturated heterocycles. The lowest BCUT2D eigenvalue weighted by atomic mass is 9.96. The average molecular weight is 325 g/mol. The van der Waals surface area contributed by atoms with Crippen molar-refractivity contribution in [2.75, 3.05) is 32.8 Å². The van der Waals surface area contributed by atoms with E-state index in [0.29, 0.717) is 12.5 Å². The minimum absolute atomic E-state index is 0.0136. The third-order valence-electron chi connectivity index (χ3n) is 4.08. The molecular formula is C17H25ClN2O2. The van der Waals surface area contributed by atoms with Crippen molar-refractivity contribution in [2.45, 2.75) is 26.3 Å². The van der Waals surface area contributed by atoms with Crippen LogP contribution in [0.1, 0.15) is 25.3 Å². The molecule has 1 aliphatic heterocycles. The number of piperidine rings is 1. The molecule has 5 heteroatoms. The molecule has 0 atom stereocenters. The maximum absolute atomic E-state index is 11.5. The van der Waals surface area contributed by atoms with Crippen molar-refractivity contribution in [1.29, 1.82) is 0 Å². The number of benzene rings is 1. The number of hydrogen-bond donors (Lipinski definition) is 1. The van der Waals surface area contributed by atoms with Gasteiger partial charge in [-0.25, -0.2) is 0 Å². The fourth-order valence-electron chi connectivity index (χ4n) is 2.72. The van der Waals surface area contributed by atoms with Gasteiger partial charge in [0.25, 0.3) is 0 Å². The summed E-state index contributed by atoms with van der Waals surface area (Å²) in [6.45, 7) is 6.40. The molecule has 1 fully saturated rings. The summed E-state index contributed by atoms with van der Waals surface area (Å²) in [6.07, 6.45) is 2.22. The Balaban J connectivity index is 1.67. The summed E-state index contributed by atoms with van der Waals surface area (Å²) in [5.41, 5.74) is 1.19. The molecule has 0 saturated carbocycles. The van der Waals surface area contributed by atoms with Crippen LogP contribution in [0.25, 0.3) is 0 Å². The largest absolute Gasteiger partial charge is 0.372 e. The van der Waals surface area contributed by atoms with Crippen LogP contribution in [0.4, 0.5) is 0 Å². The summed E-state index contributed by atoms with van der Waals surface area (Å²) in [6, 6.07) is 8.02. The van der Waals surface area contributed by atoms with Crippen LogP contribution < -0.4 is 5.32 Å². The predicted octanol–water partition coefficient (Wildman–Crippen LogP) is 2.70. The number of amides is 1. The Morgan fingerprint density at radius 1 is 1.36 bits per heavy atom. The summed E-state index contributed by atoms with van der Waals surface area (Å²) in [7, 11) is 0. The summed E-state index contributed by atoms with van der Waals surface area (Å²) in [5, 5.41) is 3.80. The molecule has 0 radical (unpaired) electrons. The molecule has 1 N–H and O–H groups in total. The van der Waals surface area contributed by atoms with Gasteiger partial charge in [0.2, 0.25) is 5.91 Å². The molecular weight excluding hydrogens is 300 g/mol. The highest BCUT2D eigenvalue weighted by Crippen LogP contribution is 2.21. The van der Waals surface area contributed by atoms with Gasteiger partial charge in [-0.1, -0.05) is 29.8 Å². The quantitative estimate of drug-likeness (QED) is 0.838. The van der Waals surface area contributed by atoms with Gasteiger partial charge in [0, 0.05) is 24.7 Å². The van der Waals surface area contributed by atoms with Crippen molar-refractivity contribution >= 4 is 17.5 Å². The molecule has 4 nitrogen and oxygen atoms in total. The van der Waals surface area contributed by atoms with Crippen LogP contribution in [0.15, 0.2) is 24.3 Å². The zero-order chi connectivity index (χ0) is 15.8. The van der Waals surface area contributed by atoms with Gasteiger partial charge >= 0.3 is 0 Å². The van der Waals surface area contributed by atoms with Crippen molar-refractivity contribution in [3.8, 4) is 0 Å². The molecule has 1 heterocycles. The van der Waals surface area contributed by atoms with E-state index in [1.807, 2.05) is 25.1 Å². The molecule has 1 amide bonds. The Morgan fingerprint density at radius 2 is 2.09 bits per heavy atom. The second-order valence-electron chi connectivity index (χ2n) is 5.75. The van der Waals surface area contributed by atoms with E-state index in [1.54, 1.807) is 0 Å². The Kier molecular flexibility index (Phi) is 7.16. The fraction of sp³-hybridized carbons (Fsp3) is 0.588. The fourth-order valence-corrected chi connectivity index (χ4v) is 2.92. The van der Waals surface area contributed by atoms with Crippen molar-refractivity contribution in [3.05, 3.63) is 34.9 Å². The number of nitrogens with zero attached hydrogens (tertiary/aromatic N) is 1. The minimum atomic E-state index is -0.0136. The van der Waals surface area contributed by atoms with E-state index in [2.05, 4.69) is 16.3 Å². The lowest BCUT2D eigenvalue weighted by molar-refractivity contribution is -0.125. The first-order valence-corrected chi connectivity index (χ1v) is 8.37. The van der Waals surface area contributed by atoms with Crippen LogP contribution in [0.5, 0.6) is 0 Å². The number of hydrogen-bond acceptors (Lipinski definition) is 3. The Morgan fingerprint density at radius 3 is 2.77 bits per heavy atom. The summed E-state index contributed by atoms with van der Waals surface area (Å²) >= 11 is 6.21. The van der Waals surface area contributed by atoms with Gasteiger partial charge in [-0.05, 0) is 50.4 Å². The molecule has 0 bridgehead atoms. The number of ether oxygens (including phenoxy) is 1. The SMILES string of the molecule is CCOCC(=O)NCC1CCN(Cc2ccccc2Cl)CC1. The van der Waals surface area contributed by atoms with Crippen LogP contribution in [0.2, 0.25) is 5.02 Å². The van der Waals surface area contributed by atoms with Gasteiger partial charge in [0.05, 0.1) is 0 Å². The highest BCUT2D eigenvalue weighted by molar-refractivity contribution is 6.31. The van der Waals surface area contributed by atoms with Crippen LogP contribution in [0, 0.1) is 5.92 Å². The summed E-state index contributed by atoms with van der Waals surface area (Å²) < 4.78 is 5.10. The molecule has 22 heavy (non-hydrogen) atoms. The molecule has 1 aromatic carbocycles. The third-order valence-corrected chi connectivity index (χ3v) is 4.45. The van der Waals surface area contributed by atoms with E-state index in [0.717, 1.165) is 44.0 Å². The summed E-state index contributed by atoms with van der Waals surface area (Å²) in [5.74, 6) is 0.549. The lowest BCUT2D eigenvalue weighted by Crippen LogP contribution is -2.39. The second kappa shape index (κ2) is 9.13. The van der Waals surface area contributed by atoms with E-state index in [9.17, 15) is 4.79 Å². The first-order valence-electron chi connectivity index (χ1n) is 7.99. The lowest BCUT2D eigenvalue weighted by Gasteiger charge is -2.32. The van der Waals surface area contributed by atoms with Gasteiger partial charge in [0.15, 0.2) is 0 Å². The van der Waals surface area contributed by atoms with Gasteiger partial charge in [-0.15, -0.1) is 0 Å². The van der Waals surface area contributed by atoms with E-state index in [1.165, 1.54) is 5.56 Å². The van der Waals surface area contributed by atoms with Crippen molar-refractivity contribution < 1.29 is 9.53 Å². The number of carbonyl (C=O) groups excluding carboxylic acids is 1. The average Bonchev–Trinajstić information content (AvgIpc) is 2.54. The number of rotatable bonds is 7. The molecule has 0 aliphatic carbocycles. The highest BCUT2D eigenvalue weighted by atomic mass is 35.5. The van der Waals surface area contributed by atoms with Crippen LogP contribution in [-0.2, 0) is 16.1 Å². The summed E-state index contributed by atoms with van der Waals surface area (Å²) in [4.78, 5) is 14.0. The molecule has 2 rings (SSSR count). The topological polar surface area (TPSA) is 41.6 Å². The van der Waals surface area contributed by atoms with Crippen LogP contribution >= 0.6 is 11.6 Å². The number of nitrogens with one attached hydrogen (secondary N) is 1. The zero-order valence-electron chi connectivity index (χ0n) is 13.2. The van der Waals surface area contributed by atoms with Gasteiger partial charge < -0.3 is 10.1 Å². The van der Waals surface area contributed by atoms with Crippen molar-refractivity contribution in [3.63, 3.8) is 0 Å². The molecule has 0 spiro atoms. The first kappa shape index (κ1) is 17.3. The normalized spacial score (nSPS) is 16.6. The zero-order valence-corrected chi connectivity index (χ0v) is 13.9. The Labute approximate surface area is 137 Å². The molecule has 122 valence electrons. The second-order valence-corrected chi connectivity index (χ2v) is 6.16. The van der Waals surface area contributed by atoms with Crippen molar-refractivity contribution in [2.24, 2.45) is 5.92 Å². The molecule has 1 aliphatic rings. The van der Waals surface area contributed by atoms with Crippen LogP contribution in [0.3, 0.4) is 0 Å². The first-order chi connectivity index (χ1) is 10.7. The van der Waals surface area contributed by atoms with E-state index >= 15 is 0 Å².